The standard InChI is InChI=1S/C15H30N2O/c1-6-9-17-15(5,12-16)8-7-10-18-14(4)11-13(2)3/h13-14,17H,6-11H2,1-5H3. The highest BCUT2D eigenvalue weighted by atomic mass is 16.5. The Morgan fingerprint density at radius 2 is 2.00 bits per heavy atom. The SMILES string of the molecule is CCCNC(C)(C#N)CCCOC(C)CC(C)C. The van der Waals surface area contributed by atoms with Crippen molar-refractivity contribution in [3.8, 4) is 6.07 Å². The van der Waals surface area contributed by atoms with Crippen LogP contribution in [0.4, 0.5) is 0 Å². The monoisotopic (exact) mass is 254 g/mol. The van der Waals surface area contributed by atoms with Crippen LogP contribution in [0.25, 0.3) is 0 Å². The first-order valence-electron chi connectivity index (χ1n) is 7.21. The smallest absolute Gasteiger partial charge is 0.104 e. The molecule has 0 aromatic rings. The molecular weight excluding hydrogens is 224 g/mol. The van der Waals surface area contributed by atoms with E-state index in [1.54, 1.807) is 0 Å². The maximum atomic E-state index is 9.19. The molecule has 0 aliphatic carbocycles. The van der Waals surface area contributed by atoms with Crippen LogP contribution < -0.4 is 5.32 Å². The highest BCUT2D eigenvalue weighted by Gasteiger charge is 2.21. The molecule has 1 N–H and O–H groups in total. The summed E-state index contributed by atoms with van der Waals surface area (Å²) in [4.78, 5) is 0. The second-order valence-electron chi connectivity index (χ2n) is 5.79. The predicted molar refractivity (Wildman–Crippen MR) is 76.4 cm³/mol. The third kappa shape index (κ3) is 8.49. The minimum atomic E-state index is -0.402. The van der Waals surface area contributed by atoms with Crippen molar-refractivity contribution in [1.82, 2.24) is 5.32 Å². The van der Waals surface area contributed by atoms with Gasteiger partial charge in [-0.3, -0.25) is 5.32 Å². The van der Waals surface area contributed by atoms with Crippen molar-refractivity contribution in [2.75, 3.05) is 13.2 Å². The highest BCUT2D eigenvalue weighted by Crippen LogP contribution is 2.13. The summed E-state index contributed by atoms with van der Waals surface area (Å²) >= 11 is 0. The van der Waals surface area contributed by atoms with Gasteiger partial charge >= 0.3 is 0 Å². The maximum Gasteiger partial charge on any atom is 0.104 e. The van der Waals surface area contributed by atoms with Gasteiger partial charge in [-0.15, -0.1) is 0 Å². The van der Waals surface area contributed by atoms with E-state index in [0.717, 1.165) is 38.8 Å². The Labute approximate surface area is 113 Å². The van der Waals surface area contributed by atoms with E-state index in [0.29, 0.717) is 12.0 Å². The van der Waals surface area contributed by atoms with Crippen molar-refractivity contribution in [3.63, 3.8) is 0 Å². The summed E-state index contributed by atoms with van der Waals surface area (Å²) in [5.74, 6) is 0.676. The summed E-state index contributed by atoms with van der Waals surface area (Å²) in [5, 5.41) is 12.5. The number of nitrogens with one attached hydrogen (secondary N) is 1. The lowest BCUT2D eigenvalue weighted by Gasteiger charge is -2.23. The summed E-state index contributed by atoms with van der Waals surface area (Å²) in [6.07, 6.45) is 4.26. The lowest BCUT2D eigenvalue weighted by Crippen LogP contribution is -2.41. The molecule has 0 aliphatic heterocycles. The topological polar surface area (TPSA) is 45.0 Å². The molecule has 106 valence electrons. The van der Waals surface area contributed by atoms with Crippen LogP contribution in [0.15, 0.2) is 0 Å². The molecule has 2 unspecified atom stereocenters. The van der Waals surface area contributed by atoms with Gasteiger partial charge < -0.3 is 4.74 Å². The Balaban J connectivity index is 3.78. The van der Waals surface area contributed by atoms with Gasteiger partial charge in [-0.1, -0.05) is 20.8 Å². The van der Waals surface area contributed by atoms with Crippen molar-refractivity contribution < 1.29 is 4.74 Å². The Hall–Kier alpha value is -0.590. The molecule has 0 fully saturated rings. The van der Waals surface area contributed by atoms with Gasteiger partial charge in [0.05, 0.1) is 12.2 Å². The molecular formula is C15H30N2O. The van der Waals surface area contributed by atoms with Crippen LogP contribution in [0, 0.1) is 17.2 Å². The van der Waals surface area contributed by atoms with Crippen LogP contribution >= 0.6 is 0 Å². The maximum absolute atomic E-state index is 9.19. The van der Waals surface area contributed by atoms with Gasteiger partial charge in [0.25, 0.3) is 0 Å². The molecule has 0 aromatic heterocycles. The number of ether oxygens (including phenoxy) is 1. The fraction of sp³-hybridized carbons (Fsp3) is 0.933. The van der Waals surface area contributed by atoms with E-state index in [-0.39, 0.29) is 0 Å². The Morgan fingerprint density at radius 1 is 1.33 bits per heavy atom. The zero-order valence-corrected chi connectivity index (χ0v) is 12.8. The minimum Gasteiger partial charge on any atom is -0.378 e. The first-order chi connectivity index (χ1) is 8.43. The van der Waals surface area contributed by atoms with Gasteiger partial charge in [0.1, 0.15) is 5.54 Å². The molecule has 0 saturated heterocycles. The van der Waals surface area contributed by atoms with Crippen LogP contribution in [0.1, 0.15) is 60.3 Å². The fourth-order valence-electron chi connectivity index (χ4n) is 2.03. The number of hydrogen-bond donors (Lipinski definition) is 1. The third-order valence-electron chi connectivity index (χ3n) is 3.04. The number of hydrogen-bond acceptors (Lipinski definition) is 3. The fourth-order valence-corrected chi connectivity index (χ4v) is 2.03. The molecule has 2 atom stereocenters. The summed E-state index contributed by atoms with van der Waals surface area (Å²) in [6.45, 7) is 12.3. The van der Waals surface area contributed by atoms with E-state index < -0.39 is 5.54 Å². The Morgan fingerprint density at radius 3 is 2.50 bits per heavy atom. The summed E-state index contributed by atoms with van der Waals surface area (Å²) < 4.78 is 5.76. The van der Waals surface area contributed by atoms with Crippen LogP contribution in [-0.2, 0) is 4.74 Å². The summed E-state index contributed by atoms with van der Waals surface area (Å²) in [7, 11) is 0. The summed E-state index contributed by atoms with van der Waals surface area (Å²) in [6, 6.07) is 2.37. The van der Waals surface area contributed by atoms with Crippen molar-refractivity contribution in [1.29, 1.82) is 5.26 Å². The van der Waals surface area contributed by atoms with E-state index in [4.69, 9.17) is 4.74 Å². The van der Waals surface area contributed by atoms with Crippen LogP contribution in [0.3, 0.4) is 0 Å². The second-order valence-corrected chi connectivity index (χ2v) is 5.79. The van der Waals surface area contributed by atoms with Crippen molar-refractivity contribution >= 4 is 0 Å². The first kappa shape index (κ1) is 17.4. The lowest BCUT2D eigenvalue weighted by molar-refractivity contribution is 0.0475. The zero-order chi connectivity index (χ0) is 14.0. The molecule has 0 aliphatic rings. The van der Waals surface area contributed by atoms with E-state index >= 15 is 0 Å². The van der Waals surface area contributed by atoms with E-state index in [1.807, 2.05) is 6.92 Å². The van der Waals surface area contributed by atoms with E-state index in [9.17, 15) is 5.26 Å². The third-order valence-corrected chi connectivity index (χ3v) is 3.04. The van der Waals surface area contributed by atoms with Gasteiger partial charge in [-0.05, 0) is 52.0 Å². The van der Waals surface area contributed by atoms with Gasteiger partial charge in [0, 0.05) is 6.61 Å². The van der Waals surface area contributed by atoms with Crippen LogP contribution in [-0.4, -0.2) is 24.8 Å². The minimum absolute atomic E-state index is 0.321. The van der Waals surface area contributed by atoms with Gasteiger partial charge in [0.15, 0.2) is 0 Å². The largest absolute Gasteiger partial charge is 0.378 e. The van der Waals surface area contributed by atoms with Crippen molar-refractivity contribution in [3.05, 3.63) is 0 Å². The first-order valence-corrected chi connectivity index (χ1v) is 7.21. The average Bonchev–Trinajstić information content (AvgIpc) is 2.31. The molecule has 0 saturated carbocycles. The molecule has 3 nitrogen and oxygen atoms in total. The molecule has 0 amide bonds. The highest BCUT2D eigenvalue weighted by molar-refractivity contribution is 5.03. The van der Waals surface area contributed by atoms with E-state index in [2.05, 4.69) is 39.1 Å². The molecule has 0 bridgehead atoms. The normalized spacial score (nSPS) is 16.3. The number of nitrogens with zero attached hydrogens (tertiary/aromatic N) is 1. The van der Waals surface area contributed by atoms with Gasteiger partial charge in [0.2, 0.25) is 0 Å². The molecule has 18 heavy (non-hydrogen) atoms. The summed E-state index contributed by atoms with van der Waals surface area (Å²) in [5.41, 5.74) is -0.402. The quantitative estimate of drug-likeness (QED) is 0.607. The number of rotatable bonds is 10. The molecule has 0 spiro atoms. The predicted octanol–water partition coefficient (Wildman–Crippen LogP) is 3.50. The van der Waals surface area contributed by atoms with Crippen molar-refractivity contribution in [2.24, 2.45) is 5.92 Å². The second kappa shape index (κ2) is 9.35. The van der Waals surface area contributed by atoms with Crippen LogP contribution in [0.5, 0.6) is 0 Å². The van der Waals surface area contributed by atoms with Gasteiger partial charge in [-0.25, -0.2) is 0 Å². The van der Waals surface area contributed by atoms with E-state index in [1.165, 1.54) is 0 Å². The molecule has 3 heteroatoms. The molecule has 0 rings (SSSR count). The number of nitriles is 1. The lowest BCUT2D eigenvalue weighted by atomic mass is 9.97. The molecule has 0 radical (unpaired) electrons. The van der Waals surface area contributed by atoms with Crippen LogP contribution in [0.2, 0.25) is 0 Å². The molecule has 0 heterocycles. The zero-order valence-electron chi connectivity index (χ0n) is 12.8. The Bertz CT molecular complexity index is 247. The molecule has 0 aromatic carbocycles. The van der Waals surface area contributed by atoms with Crippen molar-refractivity contribution in [2.45, 2.75) is 71.9 Å². The Kier molecular flexibility index (Phi) is 9.05. The van der Waals surface area contributed by atoms with Gasteiger partial charge in [-0.2, -0.15) is 5.26 Å². The average molecular weight is 254 g/mol.